The normalized spacial score (nSPS) is 12.6. The van der Waals surface area contributed by atoms with E-state index in [1.165, 1.54) is 25.3 Å². The summed E-state index contributed by atoms with van der Waals surface area (Å²) in [5, 5.41) is 3.01. The van der Waals surface area contributed by atoms with Crippen LogP contribution >= 0.6 is 11.6 Å². The van der Waals surface area contributed by atoms with E-state index in [0.717, 1.165) is 9.87 Å². The largest absolute Gasteiger partial charge is 0.495 e. The van der Waals surface area contributed by atoms with Gasteiger partial charge in [0.25, 0.3) is 0 Å². The maximum atomic E-state index is 12.9. The molecule has 8 heteroatoms. The van der Waals surface area contributed by atoms with Crippen molar-refractivity contribution in [3.63, 3.8) is 0 Å². The molecule has 0 unspecified atom stereocenters. The van der Waals surface area contributed by atoms with Crippen LogP contribution in [0.2, 0.25) is 5.02 Å². The highest BCUT2D eigenvalue weighted by atomic mass is 35.5. The summed E-state index contributed by atoms with van der Waals surface area (Å²) in [6, 6.07) is 13.5. The fourth-order valence-corrected chi connectivity index (χ4v) is 4.35. The minimum absolute atomic E-state index is 0.0130. The SMILES string of the molecule is CCN(CC(=O)N[C@H](C)c1ccccc1)S(=O)(=O)c1ccc(OC)c(Cl)c1. The molecule has 2 aromatic rings. The first-order valence-corrected chi connectivity index (χ1v) is 10.3. The van der Waals surface area contributed by atoms with Crippen molar-refractivity contribution in [3.8, 4) is 5.75 Å². The van der Waals surface area contributed by atoms with Crippen molar-refractivity contribution in [3.05, 3.63) is 59.1 Å². The highest BCUT2D eigenvalue weighted by Crippen LogP contribution is 2.28. The van der Waals surface area contributed by atoms with Crippen LogP contribution in [-0.2, 0) is 14.8 Å². The van der Waals surface area contributed by atoms with Crippen LogP contribution in [0.4, 0.5) is 0 Å². The van der Waals surface area contributed by atoms with Crippen molar-refractivity contribution in [1.82, 2.24) is 9.62 Å². The van der Waals surface area contributed by atoms with Crippen molar-refractivity contribution >= 4 is 27.5 Å². The Bertz CT molecular complexity index is 888. The van der Waals surface area contributed by atoms with Gasteiger partial charge in [0.2, 0.25) is 15.9 Å². The third-order valence-corrected chi connectivity index (χ3v) is 6.32. The van der Waals surface area contributed by atoms with Gasteiger partial charge in [0.05, 0.1) is 29.6 Å². The number of benzene rings is 2. The number of sulfonamides is 1. The molecule has 146 valence electrons. The molecule has 0 fully saturated rings. The third-order valence-electron chi connectivity index (χ3n) is 4.11. The minimum atomic E-state index is -3.86. The van der Waals surface area contributed by atoms with Gasteiger partial charge in [-0.2, -0.15) is 4.31 Å². The lowest BCUT2D eigenvalue weighted by Gasteiger charge is -2.22. The summed E-state index contributed by atoms with van der Waals surface area (Å²) in [4.78, 5) is 12.4. The van der Waals surface area contributed by atoms with Crippen molar-refractivity contribution in [2.24, 2.45) is 0 Å². The highest BCUT2D eigenvalue weighted by molar-refractivity contribution is 7.89. The Morgan fingerprint density at radius 1 is 1.22 bits per heavy atom. The first-order valence-electron chi connectivity index (χ1n) is 8.47. The summed E-state index contributed by atoms with van der Waals surface area (Å²) in [5.74, 6) is 0.00415. The van der Waals surface area contributed by atoms with E-state index in [2.05, 4.69) is 5.32 Å². The van der Waals surface area contributed by atoms with E-state index in [-0.39, 0.29) is 35.0 Å². The van der Waals surface area contributed by atoms with Crippen LogP contribution in [0, 0.1) is 0 Å². The summed E-state index contributed by atoms with van der Waals surface area (Å²) in [6.45, 7) is 3.40. The van der Waals surface area contributed by atoms with Gasteiger partial charge in [-0.3, -0.25) is 4.79 Å². The number of methoxy groups -OCH3 is 1. The van der Waals surface area contributed by atoms with Crippen LogP contribution < -0.4 is 10.1 Å². The molecule has 0 aromatic heterocycles. The van der Waals surface area contributed by atoms with Gasteiger partial charge in [-0.1, -0.05) is 48.9 Å². The quantitative estimate of drug-likeness (QED) is 0.724. The zero-order valence-corrected chi connectivity index (χ0v) is 17.0. The van der Waals surface area contributed by atoms with E-state index >= 15 is 0 Å². The lowest BCUT2D eigenvalue weighted by atomic mass is 10.1. The summed E-state index contributed by atoms with van der Waals surface area (Å²) >= 11 is 6.04. The second-order valence-electron chi connectivity index (χ2n) is 5.93. The van der Waals surface area contributed by atoms with E-state index in [9.17, 15) is 13.2 Å². The van der Waals surface area contributed by atoms with Gasteiger partial charge >= 0.3 is 0 Å². The smallest absolute Gasteiger partial charge is 0.243 e. The number of hydrogen-bond acceptors (Lipinski definition) is 4. The van der Waals surface area contributed by atoms with E-state index in [1.807, 2.05) is 37.3 Å². The van der Waals surface area contributed by atoms with Crippen molar-refractivity contribution in [1.29, 1.82) is 0 Å². The molecule has 27 heavy (non-hydrogen) atoms. The molecule has 1 atom stereocenters. The fraction of sp³-hybridized carbons (Fsp3) is 0.316. The van der Waals surface area contributed by atoms with Crippen molar-refractivity contribution in [2.45, 2.75) is 24.8 Å². The van der Waals surface area contributed by atoms with Gasteiger partial charge in [-0.25, -0.2) is 8.42 Å². The van der Waals surface area contributed by atoms with Crippen LogP contribution in [0.15, 0.2) is 53.4 Å². The lowest BCUT2D eigenvalue weighted by Crippen LogP contribution is -2.41. The predicted molar refractivity (Wildman–Crippen MR) is 105 cm³/mol. The molecular formula is C19H23ClN2O4S. The molecule has 0 radical (unpaired) electrons. The Morgan fingerprint density at radius 2 is 1.89 bits per heavy atom. The standard InChI is InChI=1S/C19H23ClN2O4S/c1-4-22(13-19(23)21-14(2)15-8-6-5-7-9-15)27(24,25)16-10-11-18(26-3)17(20)12-16/h5-12,14H,4,13H2,1-3H3,(H,21,23)/t14-/m1/s1. The van der Waals surface area contributed by atoms with Gasteiger partial charge in [0, 0.05) is 6.54 Å². The molecule has 1 amide bonds. The molecule has 2 rings (SSSR count). The number of carbonyl (C=O) groups is 1. The van der Waals surface area contributed by atoms with Gasteiger partial charge < -0.3 is 10.1 Å². The zero-order valence-electron chi connectivity index (χ0n) is 15.5. The van der Waals surface area contributed by atoms with Gasteiger partial charge in [0.15, 0.2) is 0 Å². The summed E-state index contributed by atoms with van der Waals surface area (Å²) in [6.07, 6.45) is 0. The summed E-state index contributed by atoms with van der Waals surface area (Å²) in [5.41, 5.74) is 0.943. The summed E-state index contributed by atoms with van der Waals surface area (Å²) in [7, 11) is -2.41. The van der Waals surface area contributed by atoms with E-state index in [0.29, 0.717) is 5.75 Å². The first kappa shape index (κ1) is 21.2. The molecule has 0 saturated carbocycles. The maximum Gasteiger partial charge on any atom is 0.243 e. The lowest BCUT2D eigenvalue weighted by molar-refractivity contribution is -0.121. The number of hydrogen-bond donors (Lipinski definition) is 1. The van der Waals surface area contributed by atoms with Crippen molar-refractivity contribution in [2.75, 3.05) is 20.2 Å². The predicted octanol–water partition coefficient (Wildman–Crippen LogP) is 3.24. The first-order chi connectivity index (χ1) is 12.8. The number of rotatable bonds is 8. The molecular weight excluding hydrogens is 388 g/mol. The second kappa shape index (κ2) is 9.21. The average molecular weight is 411 g/mol. The Balaban J connectivity index is 2.13. The molecule has 0 saturated heterocycles. The van der Waals surface area contributed by atoms with Gasteiger partial charge in [0.1, 0.15) is 5.75 Å². The molecule has 2 aromatic carbocycles. The highest BCUT2D eigenvalue weighted by Gasteiger charge is 2.26. The molecule has 0 spiro atoms. The van der Waals surface area contributed by atoms with Crippen LogP contribution in [0.5, 0.6) is 5.75 Å². The second-order valence-corrected chi connectivity index (χ2v) is 8.27. The fourth-order valence-electron chi connectivity index (χ4n) is 2.60. The molecule has 0 heterocycles. The van der Waals surface area contributed by atoms with E-state index in [4.69, 9.17) is 16.3 Å². The molecule has 0 aliphatic rings. The monoisotopic (exact) mass is 410 g/mol. The zero-order chi connectivity index (χ0) is 20.0. The summed E-state index contributed by atoms with van der Waals surface area (Å²) < 4.78 is 31.9. The van der Waals surface area contributed by atoms with E-state index in [1.54, 1.807) is 6.92 Å². The number of amides is 1. The number of carbonyl (C=O) groups excluding carboxylic acids is 1. The molecule has 0 bridgehead atoms. The Hall–Kier alpha value is -2.09. The molecule has 0 aliphatic carbocycles. The maximum absolute atomic E-state index is 12.9. The average Bonchev–Trinajstić information content (AvgIpc) is 2.66. The number of nitrogens with one attached hydrogen (secondary N) is 1. The third kappa shape index (κ3) is 5.22. The van der Waals surface area contributed by atoms with Crippen LogP contribution in [0.1, 0.15) is 25.5 Å². The number of ether oxygens (including phenoxy) is 1. The minimum Gasteiger partial charge on any atom is -0.495 e. The number of nitrogens with zero attached hydrogens (tertiary/aromatic N) is 1. The van der Waals surface area contributed by atoms with Gasteiger partial charge in [-0.05, 0) is 30.7 Å². The topological polar surface area (TPSA) is 75.7 Å². The van der Waals surface area contributed by atoms with E-state index < -0.39 is 10.0 Å². The van der Waals surface area contributed by atoms with Crippen molar-refractivity contribution < 1.29 is 17.9 Å². The Labute approximate surface area is 165 Å². The number of likely N-dealkylation sites (N-methyl/N-ethyl adjacent to an activating group) is 1. The molecule has 1 N–H and O–H groups in total. The van der Waals surface area contributed by atoms with Crippen LogP contribution in [-0.4, -0.2) is 38.8 Å². The molecule has 6 nitrogen and oxygen atoms in total. The Morgan fingerprint density at radius 3 is 2.44 bits per heavy atom. The number of halogens is 1. The molecule has 0 aliphatic heterocycles. The van der Waals surface area contributed by atoms with Crippen LogP contribution in [0.3, 0.4) is 0 Å². The van der Waals surface area contributed by atoms with Gasteiger partial charge in [-0.15, -0.1) is 0 Å². The Kier molecular flexibility index (Phi) is 7.24. The van der Waals surface area contributed by atoms with Crippen LogP contribution in [0.25, 0.3) is 0 Å².